The zero-order valence-electron chi connectivity index (χ0n) is 6.32. The molecule has 0 radical (unpaired) electrons. The van der Waals surface area contributed by atoms with Crippen molar-refractivity contribution in [1.29, 1.82) is 0 Å². The fraction of sp³-hybridized carbons (Fsp3) is 0.167. The topological polar surface area (TPSA) is 69.6 Å². The molecule has 0 amide bonds. The molecule has 62 valence electrons. The van der Waals surface area contributed by atoms with Gasteiger partial charge in [-0.2, -0.15) is 0 Å². The lowest BCUT2D eigenvalue weighted by Crippen LogP contribution is -2.07. The van der Waals surface area contributed by atoms with E-state index in [0.29, 0.717) is 10.4 Å². The number of aromatic nitrogens is 4. The van der Waals surface area contributed by atoms with E-state index in [0.717, 1.165) is 11.2 Å². The molecule has 0 saturated carbocycles. The van der Waals surface area contributed by atoms with Crippen LogP contribution in [0, 0.1) is 6.92 Å². The van der Waals surface area contributed by atoms with Crippen LogP contribution in [0.25, 0.3) is 11.2 Å². The van der Waals surface area contributed by atoms with E-state index in [1.54, 1.807) is 0 Å². The zero-order chi connectivity index (χ0) is 8.72. The van der Waals surface area contributed by atoms with Crippen molar-refractivity contribution < 1.29 is 0 Å². The molecule has 0 saturated heterocycles. The minimum absolute atomic E-state index is 0.528. The van der Waals surface area contributed by atoms with Gasteiger partial charge in [-0.1, -0.05) is 0 Å². The molecule has 6 heteroatoms. The molecule has 2 aromatic heterocycles. The van der Waals surface area contributed by atoms with Gasteiger partial charge in [0.1, 0.15) is 11.8 Å². The molecule has 5 nitrogen and oxygen atoms in total. The maximum absolute atomic E-state index is 5.56. The smallest absolute Gasteiger partial charge is 0.198 e. The third-order valence-electron chi connectivity index (χ3n) is 1.57. The summed E-state index contributed by atoms with van der Waals surface area (Å²) in [6.07, 6.45) is 1.51. The van der Waals surface area contributed by atoms with Gasteiger partial charge in [-0.25, -0.2) is 19.6 Å². The molecule has 2 heterocycles. The van der Waals surface area contributed by atoms with Gasteiger partial charge in [0.15, 0.2) is 10.4 Å². The Hall–Kier alpha value is -1.17. The first kappa shape index (κ1) is 7.48. The summed E-state index contributed by atoms with van der Waals surface area (Å²) in [6, 6.07) is 0. The predicted molar refractivity (Wildman–Crippen MR) is 47.9 cm³/mol. The van der Waals surface area contributed by atoms with Crippen LogP contribution in [0.4, 0.5) is 0 Å². The summed E-state index contributed by atoms with van der Waals surface area (Å²) in [5.41, 5.74) is 2.19. The summed E-state index contributed by atoms with van der Waals surface area (Å²) in [6.45, 7) is 1.86. The first-order chi connectivity index (χ1) is 5.68. The van der Waals surface area contributed by atoms with E-state index >= 15 is 0 Å². The van der Waals surface area contributed by atoms with Crippen molar-refractivity contribution in [3.8, 4) is 0 Å². The summed E-state index contributed by atoms with van der Waals surface area (Å²) in [5, 5.41) is 0. The third-order valence-corrected chi connectivity index (χ3v) is 1.92. The van der Waals surface area contributed by atoms with Crippen LogP contribution >= 0.6 is 15.9 Å². The van der Waals surface area contributed by atoms with E-state index in [4.69, 9.17) is 5.84 Å². The van der Waals surface area contributed by atoms with Crippen LogP contribution in [-0.4, -0.2) is 19.6 Å². The van der Waals surface area contributed by atoms with Crippen molar-refractivity contribution >= 4 is 27.1 Å². The predicted octanol–water partition coefficient (Wildman–Crippen LogP) is 0.611. The number of hydrogen-bond acceptors (Lipinski definition) is 4. The number of nitrogens with zero attached hydrogens (tertiary/aromatic N) is 4. The number of nitrogens with two attached hydrogens (primary N) is 1. The molecule has 2 rings (SSSR count). The summed E-state index contributed by atoms with van der Waals surface area (Å²) in [5.74, 6) is 5.56. The van der Waals surface area contributed by atoms with Crippen LogP contribution in [0.1, 0.15) is 5.69 Å². The highest BCUT2D eigenvalue weighted by Gasteiger charge is 2.06. The molecule has 0 unspecified atom stereocenters. The fourth-order valence-electron chi connectivity index (χ4n) is 1.02. The van der Waals surface area contributed by atoms with Crippen molar-refractivity contribution in [1.82, 2.24) is 19.6 Å². The Morgan fingerprint density at radius 2 is 2.25 bits per heavy atom. The van der Waals surface area contributed by atoms with E-state index in [1.165, 1.54) is 11.0 Å². The Balaban J connectivity index is 2.92. The van der Waals surface area contributed by atoms with Crippen LogP contribution in [0.15, 0.2) is 11.1 Å². The first-order valence-electron chi connectivity index (χ1n) is 3.31. The van der Waals surface area contributed by atoms with Gasteiger partial charge in [0.2, 0.25) is 0 Å². The Morgan fingerprint density at radius 1 is 1.50 bits per heavy atom. The van der Waals surface area contributed by atoms with Gasteiger partial charge < -0.3 is 5.84 Å². The van der Waals surface area contributed by atoms with E-state index in [9.17, 15) is 0 Å². The molecular formula is C6H6BrN5. The average molecular weight is 228 g/mol. The fourth-order valence-corrected chi connectivity index (χ4v) is 1.46. The lowest BCUT2D eigenvalue weighted by molar-refractivity contribution is 0.996. The number of hydrogen-bond donors (Lipinski definition) is 1. The quantitative estimate of drug-likeness (QED) is 0.529. The molecule has 0 aromatic carbocycles. The SMILES string of the molecule is Cc1nc(Br)nc2c1ncn2N. The standard InChI is InChI=1S/C6H6BrN5/c1-3-4-5(11-6(7)10-3)12(8)2-9-4/h2H,8H2,1H3. The van der Waals surface area contributed by atoms with Gasteiger partial charge in [0, 0.05) is 0 Å². The van der Waals surface area contributed by atoms with Crippen molar-refractivity contribution in [2.45, 2.75) is 6.92 Å². The van der Waals surface area contributed by atoms with Gasteiger partial charge in [0.25, 0.3) is 0 Å². The monoisotopic (exact) mass is 227 g/mol. The Kier molecular flexibility index (Phi) is 1.50. The summed E-state index contributed by atoms with van der Waals surface area (Å²) in [4.78, 5) is 12.2. The normalized spacial score (nSPS) is 10.8. The van der Waals surface area contributed by atoms with Gasteiger partial charge in [-0.05, 0) is 22.9 Å². The van der Waals surface area contributed by atoms with E-state index in [1.807, 2.05) is 6.92 Å². The van der Waals surface area contributed by atoms with E-state index in [2.05, 4.69) is 30.9 Å². The van der Waals surface area contributed by atoms with Crippen LogP contribution in [0.3, 0.4) is 0 Å². The molecule has 0 atom stereocenters. The second-order valence-electron chi connectivity index (χ2n) is 2.40. The number of imidazole rings is 1. The highest BCUT2D eigenvalue weighted by molar-refractivity contribution is 9.10. The highest BCUT2D eigenvalue weighted by atomic mass is 79.9. The minimum Gasteiger partial charge on any atom is -0.336 e. The van der Waals surface area contributed by atoms with Crippen molar-refractivity contribution in [2.75, 3.05) is 5.84 Å². The maximum Gasteiger partial charge on any atom is 0.198 e. The minimum atomic E-state index is 0.528. The van der Waals surface area contributed by atoms with Gasteiger partial charge in [-0.3, -0.25) is 0 Å². The lowest BCUT2D eigenvalue weighted by atomic mass is 10.4. The maximum atomic E-state index is 5.56. The highest BCUT2D eigenvalue weighted by Crippen LogP contribution is 2.13. The van der Waals surface area contributed by atoms with Gasteiger partial charge >= 0.3 is 0 Å². The number of rotatable bonds is 0. The van der Waals surface area contributed by atoms with Gasteiger partial charge in [-0.15, -0.1) is 0 Å². The van der Waals surface area contributed by atoms with Crippen LogP contribution in [-0.2, 0) is 0 Å². The molecule has 0 aliphatic rings. The summed E-state index contributed by atoms with van der Waals surface area (Å²) < 4.78 is 1.90. The molecule has 0 bridgehead atoms. The van der Waals surface area contributed by atoms with E-state index in [-0.39, 0.29) is 0 Å². The Labute approximate surface area is 76.7 Å². The molecule has 0 fully saturated rings. The number of nitrogen functional groups attached to an aromatic ring is 1. The van der Waals surface area contributed by atoms with Crippen molar-refractivity contribution in [2.24, 2.45) is 0 Å². The largest absolute Gasteiger partial charge is 0.336 e. The van der Waals surface area contributed by atoms with Crippen molar-refractivity contribution in [3.05, 3.63) is 16.8 Å². The molecule has 2 N–H and O–H groups in total. The van der Waals surface area contributed by atoms with Crippen LogP contribution < -0.4 is 5.84 Å². The molecule has 0 aliphatic heterocycles. The second-order valence-corrected chi connectivity index (χ2v) is 3.11. The first-order valence-corrected chi connectivity index (χ1v) is 4.10. The number of aryl methyl sites for hydroxylation is 1. The number of fused-ring (bicyclic) bond motifs is 1. The summed E-state index contributed by atoms with van der Waals surface area (Å²) >= 11 is 3.18. The molecule has 0 aliphatic carbocycles. The third kappa shape index (κ3) is 0.953. The lowest BCUT2D eigenvalue weighted by Gasteiger charge is -1.96. The van der Waals surface area contributed by atoms with Gasteiger partial charge in [0.05, 0.1) is 5.69 Å². The summed E-state index contributed by atoms with van der Waals surface area (Å²) in [7, 11) is 0. The molecule has 2 aromatic rings. The van der Waals surface area contributed by atoms with Crippen LogP contribution in [0.5, 0.6) is 0 Å². The van der Waals surface area contributed by atoms with E-state index < -0.39 is 0 Å². The molecule has 12 heavy (non-hydrogen) atoms. The number of halogens is 1. The van der Waals surface area contributed by atoms with Crippen LogP contribution in [0.2, 0.25) is 0 Å². The van der Waals surface area contributed by atoms with Crippen molar-refractivity contribution in [3.63, 3.8) is 0 Å². The Morgan fingerprint density at radius 3 is 3.00 bits per heavy atom. The average Bonchev–Trinajstić information content (AvgIpc) is 2.33. The zero-order valence-corrected chi connectivity index (χ0v) is 7.91. The molecular weight excluding hydrogens is 222 g/mol. The molecule has 0 spiro atoms. The Bertz CT molecular complexity index is 435. The second kappa shape index (κ2) is 2.41.